The first-order valence-electron chi connectivity index (χ1n) is 10.5. The van der Waals surface area contributed by atoms with Gasteiger partial charge in [-0.05, 0) is 36.4 Å². The van der Waals surface area contributed by atoms with Crippen LogP contribution in [0.1, 0.15) is 37.5 Å². The molecule has 3 aromatic rings. The highest BCUT2D eigenvalue weighted by atomic mass is 16.7. The van der Waals surface area contributed by atoms with E-state index in [0.29, 0.717) is 16.7 Å². The molecular weight excluding hydrogens is 424 g/mol. The number of carbonyl (C=O) groups is 3. The molecule has 0 amide bonds. The van der Waals surface area contributed by atoms with Crippen molar-refractivity contribution >= 4 is 17.9 Å². The Morgan fingerprint density at radius 3 is 1.42 bits per heavy atom. The summed E-state index contributed by atoms with van der Waals surface area (Å²) in [6.07, 6.45) is -2.67. The van der Waals surface area contributed by atoms with Gasteiger partial charge in [-0.25, -0.2) is 14.4 Å². The molecule has 1 aliphatic rings. The Morgan fingerprint density at radius 2 is 0.970 bits per heavy atom. The molecule has 0 unspecified atom stereocenters. The first kappa shape index (κ1) is 22.2. The lowest BCUT2D eigenvalue weighted by atomic mass is 10.1. The second-order valence-electron chi connectivity index (χ2n) is 7.39. The van der Waals surface area contributed by atoms with Gasteiger partial charge in [0.1, 0.15) is 6.10 Å². The maximum Gasteiger partial charge on any atom is 0.340 e. The standard InChI is InChI=1S/C26H22O7/c27-24(18-10-4-1-5-11-18)31-21-16-23(33-26(29)20-14-8-3-9-15-20)30-17-22(21)32-25(28)19-12-6-2-7-13-19/h1-15,21-23H,16-17H2/t21-,22-,23+/m0/s1. The third-order valence-electron chi connectivity index (χ3n) is 5.07. The van der Waals surface area contributed by atoms with E-state index < -0.39 is 36.4 Å². The monoisotopic (exact) mass is 446 g/mol. The van der Waals surface area contributed by atoms with Gasteiger partial charge in [0.25, 0.3) is 0 Å². The molecule has 1 saturated heterocycles. The summed E-state index contributed by atoms with van der Waals surface area (Å²) in [5.74, 6) is -1.70. The molecule has 33 heavy (non-hydrogen) atoms. The fourth-order valence-electron chi connectivity index (χ4n) is 3.36. The third kappa shape index (κ3) is 5.84. The SMILES string of the molecule is O=C(O[C@@H]1C[C@H](OC(=O)c2ccccc2)[C@@H](OC(=O)c2ccccc2)CO1)c1ccccc1. The topological polar surface area (TPSA) is 88.1 Å². The summed E-state index contributed by atoms with van der Waals surface area (Å²) in [5, 5.41) is 0. The van der Waals surface area contributed by atoms with Crippen molar-refractivity contribution in [2.75, 3.05) is 6.61 Å². The second-order valence-corrected chi connectivity index (χ2v) is 7.39. The molecule has 168 valence electrons. The minimum Gasteiger partial charge on any atom is -0.454 e. The highest BCUT2D eigenvalue weighted by Crippen LogP contribution is 2.24. The zero-order valence-corrected chi connectivity index (χ0v) is 17.7. The zero-order chi connectivity index (χ0) is 23.0. The van der Waals surface area contributed by atoms with Crippen molar-refractivity contribution in [3.8, 4) is 0 Å². The quantitative estimate of drug-likeness (QED) is 0.417. The van der Waals surface area contributed by atoms with Gasteiger partial charge in [-0.2, -0.15) is 0 Å². The Kier molecular flexibility index (Phi) is 7.12. The lowest BCUT2D eigenvalue weighted by Gasteiger charge is -2.34. The van der Waals surface area contributed by atoms with E-state index in [1.807, 2.05) is 0 Å². The Labute approximate surface area is 190 Å². The number of esters is 3. The van der Waals surface area contributed by atoms with E-state index in [1.165, 1.54) is 0 Å². The minimum absolute atomic E-state index is 0.0177. The van der Waals surface area contributed by atoms with E-state index in [1.54, 1.807) is 91.0 Å². The molecule has 1 heterocycles. The Balaban J connectivity index is 1.47. The predicted molar refractivity (Wildman–Crippen MR) is 118 cm³/mol. The molecule has 0 N–H and O–H groups in total. The van der Waals surface area contributed by atoms with Crippen LogP contribution in [0.15, 0.2) is 91.0 Å². The van der Waals surface area contributed by atoms with E-state index in [2.05, 4.69) is 0 Å². The molecule has 0 bridgehead atoms. The lowest BCUT2D eigenvalue weighted by Crippen LogP contribution is -2.47. The van der Waals surface area contributed by atoms with Gasteiger partial charge in [0, 0.05) is 0 Å². The van der Waals surface area contributed by atoms with Crippen molar-refractivity contribution in [2.45, 2.75) is 24.9 Å². The van der Waals surface area contributed by atoms with E-state index in [-0.39, 0.29) is 13.0 Å². The van der Waals surface area contributed by atoms with E-state index in [9.17, 15) is 14.4 Å². The molecule has 0 saturated carbocycles. The van der Waals surface area contributed by atoms with Crippen LogP contribution in [0.2, 0.25) is 0 Å². The number of carbonyl (C=O) groups excluding carboxylic acids is 3. The summed E-state index contributed by atoms with van der Waals surface area (Å²) in [6, 6.07) is 25.5. The molecule has 7 heteroatoms. The van der Waals surface area contributed by atoms with Crippen LogP contribution < -0.4 is 0 Å². The van der Waals surface area contributed by atoms with Gasteiger partial charge in [-0.3, -0.25) is 0 Å². The average Bonchev–Trinajstić information content (AvgIpc) is 2.87. The number of rotatable bonds is 6. The van der Waals surface area contributed by atoms with Crippen molar-refractivity contribution in [1.82, 2.24) is 0 Å². The second kappa shape index (κ2) is 10.6. The Hall–Kier alpha value is -3.97. The number of hydrogen-bond acceptors (Lipinski definition) is 7. The van der Waals surface area contributed by atoms with Gasteiger partial charge in [-0.1, -0.05) is 54.6 Å². The predicted octanol–water partition coefficient (Wildman–Crippen LogP) is 4.04. The van der Waals surface area contributed by atoms with E-state index >= 15 is 0 Å². The normalized spacial score (nSPS) is 19.8. The lowest BCUT2D eigenvalue weighted by molar-refractivity contribution is -0.196. The van der Waals surface area contributed by atoms with Crippen LogP contribution in [0.4, 0.5) is 0 Å². The van der Waals surface area contributed by atoms with Crippen molar-refractivity contribution in [2.24, 2.45) is 0 Å². The largest absolute Gasteiger partial charge is 0.454 e. The van der Waals surface area contributed by atoms with Gasteiger partial charge in [0.2, 0.25) is 6.29 Å². The summed E-state index contributed by atoms with van der Waals surface area (Å²) < 4.78 is 22.3. The van der Waals surface area contributed by atoms with Gasteiger partial charge in [0.15, 0.2) is 6.10 Å². The van der Waals surface area contributed by atoms with Crippen molar-refractivity contribution in [3.05, 3.63) is 108 Å². The van der Waals surface area contributed by atoms with Crippen LogP contribution in [-0.4, -0.2) is 43.0 Å². The summed E-state index contributed by atoms with van der Waals surface area (Å²) in [6.45, 7) is -0.0992. The molecule has 4 rings (SSSR count). The first-order valence-corrected chi connectivity index (χ1v) is 10.5. The van der Waals surface area contributed by atoms with E-state index in [0.717, 1.165) is 0 Å². The van der Waals surface area contributed by atoms with Crippen molar-refractivity contribution in [1.29, 1.82) is 0 Å². The smallest absolute Gasteiger partial charge is 0.340 e. The van der Waals surface area contributed by atoms with Crippen LogP contribution in [-0.2, 0) is 18.9 Å². The van der Waals surface area contributed by atoms with Crippen LogP contribution in [0.25, 0.3) is 0 Å². The molecule has 0 spiro atoms. The van der Waals surface area contributed by atoms with Crippen molar-refractivity contribution < 1.29 is 33.3 Å². The number of benzene rings is 3. The Morgan fingerprint density at radius 1 is 0.576 bits per heavy atom. The molecule has 0 aliphatic carbocycles. The molecule has 7 nitrogen and oxygen atoms in total. The number of hydrogen-bond donors (Lipinski definition) is 0. The summed E-state index contributed by atoms with van der Waals surface area (Å²) >= 11 is 0. The van der Waals surface area contributed by atoms with Gasteiger partial charge < -0.3 is 18.9 Å². The van der Waals surface area contributed by atoms with Crippen LogP contribution in [0, 0.1) is 0 Å². The van der Waals surface area contributed by atoms with Gasteiger partial charge in [-0.15, -0.1) is 0 Å². The minimum atomic E-state index is -0.960. The highest BCUT2D eigenvalue weighted by molar-refractivity contribution is 5.90. The average molecular weight is 446 g/mol. The van der Waals surface area contributed by atoms with E-state index in [4.69, 9.17) is 18.9 Å². The highest BCUT2D eigenvalue weighted by Gasteiger charge is 2.38. The maximum absolute atomic E-state index is 12.7. The zero-order valence-electron chi connectivity index (χ0n) is 17.7. The summed E-state index contributed by atoms with van der Waals surface area (Å²) in [5.41, 5.74) is 1.09. The number of ether oxygens (including phenoxy) is 4. The van der Waals surface area contributed by atoms with Gasteiger partial charge >= 0.3 is 17.9 Å². The molecule has 0 radical (unpaired) electrons. The Bertz CT molecular complexity index is 1080. The molecule has 3 atom stereocenters. The van der Waals surface area contributed by atoms with Crippen molar-refractivity contribution in [3.63, 3.8) is 0 Å². The maximum atomic E-state index is 12.7. The summed E-state index contributed by atoms with van der Waals surface area (Å²) in [4.78, 5) is 37.6. The molecule has 1 fully saturated rings. The first-order chi connectivity index (χ1) is 16.1. The van der Waals surface area contributed by atoms with Crippen LogP contribution in [0.3, 0.4) is 0 Å². The van der Waals surface area contributed by atoms with Gasteiger partial charge in [0.05, 0.1) is 29.7 Å². The fourth-order valence-corrected chi connectivity index (χ4v) is 3.36. The summed E-state index contributed by atoms with van der Waals surface area (Å²) in [7, 11) is 0. The molecular formula is C26H22O7. The molecule has 3 aromatic carbocycles. The van der Waals surface area contributed by atoms with Crippen LogP contribution in [0.5, 0.6) is 0 Å². The molecule has 0 aromatic heterocycles. The fraction of sp³-hybridized carbons (Fsp3) is 0.192. The third-order valence-corrected chi connectivity index (χ3v) is 5.07. The van der Waals surface area contributed by atoms with Crippen LogP contribution >= 0.6 is 0 Å². The molecule has 1 aliphatic heterocycles.